The molecule has 6 rings (SSSR count). The smallest absolute Gasteiger partial charge is 0.235 e. The molecule has 1 atom stereocenters. The SMILES string of the molecule is CSCCOCn1nc(C)c(-c2ccc(NC(=O)C(c3nnc(-c4ccccc4F)n3COCC[Si](C)(C)C)C(C3CC3)C3CC3)cc2)c1C. The molecule has 2 heterocycles. The molecule has 12 heteroatoms. The zero-order chi connectivity index (χ0) is 35.4. The van der Waals surface area contributed by atoms with Crippen LogP contribution in [0.4, 0.5) is 10.1 Å². The lowest BCUT2D eigenvalue weighted by Gasteiger charge is -2.27. The van der Waals surface area contributed by atoms with Crippen LogP contribution in [0.2, 0.25) is 25.7 Å². The van der Waals surface area contributed by atoms with Crippen molar-refractivity contribution in [3.63, 3.8) is 0 Å². The van der Waals surface area contributed by atoms with Crippen LogP contribution in [0, 0.1) is 37.4 Å². The number of carbonyl (C=O) groups excluding carboxylic acids is 1. The first-order valence-corrected chi connectivity index (χ1v) is 22.9. The Morgan fingerprint density at radius 2 is 1.66 bits per heavy atom. The minimum Gasteiger partial charge on any atom is -0.361 e. The van der Waals surface area contributed by atoms with E-state index < -0.39 is 14.0 Å². The van der Waals surface area contributed by atoms with Gasteiger partial charge in [0.25, 0.3) is 0 Å². The van der Waals surface area contributed by atoms with Crippen LogP contribution in [-0.2, 0) is 27.7 Å². The van der Waals surface area contributed by atoms with Crippen LogP contribution in [-0.4, -0.2) is 63.7 Å². The number of aryl methyl sites for hydroxylation is 1. The number of carbonyl (C=O) groups is 1. The average molecular weight is 719 g/mol. The molecule has 2 aliphatic rings. The molecule has 2 aromatic heterocycles. The van der Waals surface area contributed by atoms with Crippen LogP contribution in [0.3, 0.4) is 0 Å². The highest BCUT2D eigenvalue weighted by Crippen LogP contribution is 2.55. The van der Waals surface area contributed by atoms with Crippen LogP contribution < -0.4 is 5.32 Å². The number of hydrogen-bond donors (Lipinski definition) is 1. The number of halogens is 1. The van der Waals surface area contributed by atoms with Gasteiger partial charge in [-0.3, -0.25) is 9.36 Å². The first kappa shape index (κ1) is 36.5. The number of thioether (sulfide) groups is 1. The van der Waals surface area contributed by atoms with E-state index in [1.807, 2.05) is 40.4 Å². The molecule has 9 nitrogen and oxygen atoms in total. The van der Waals surface area contributed by atoms with E-state index in [0.29, 0.717) is 54.7 Å². The maximum Gasteiger partial charge on any atom is 0.235 e. The van der Waals surface area contributed by atoms with Crippen LogP contribution in [0.5, 0.6) is 0 Å². The molecule has 0 bridgehead atoms. The number of hydrogen-bond acceptors (Lipinski definition) is 7. The van der Waals surface area contributed by atoms with E-state index in [0.717, 1.165) is 60.0 Å². The molecule has 0 saturated heterocycles. The molecule has 2 aromatic carbocycles. The predicted octanol–water partition coefficient (Wildman–Crippen LogP) is 8.37. The second-order valence-corrected chi connectivity index (χ2v) is 21.6. The van der Waals surface area contributed by atoms with Crippen molar-refractivity contribution in [2.24, 2.45) is 17.8 Å². The van der Waals surface area contributed by atoms with Crippen LogP contribution in [0.15, 0.2) is 48.5 Å². The Morgan fingerprint density at radius 1 is 0.980 bits per heavy atom. The maximum atomic E-state index is 15.2. The summed E-state index contributed by atoms with van der Waals surface area (Å²) >= 11 is 1.76. The Bertz CT molecular complexity index is 1750. The Labute approximate surface area is 300 Å². The molecule has 50 heavy (non-hydrogen) atoms. The van der Waals surface area contributed by atoms with Gasteiger partial charge in [0.15, 0.2) is 5.82 Å². The number of benzene rings is 2. The molecule has 4 aromatic rings. The summed E-state index contributed by atoms with van der Waals surface area (Å²) in [7, 11) is -1.33. The van der Waals surface area contributed by atoms with Gasteiger partial charge in [-0.25, -0.2) is 9.07 Å². The Balaban J connectivity index is 1.28. The fourth-order valence-corrected chi connectivity index (χ4v) is 7.92. The minimum absolute atomic E-state index is 0.111. The number of rotatable bonds is 18. The Morgan fingerprint density at radius 3 is 2.30 bits per heavy atom. The normalized spacial score (nSPS) is 15.5. The van der Waals surface area contributed by atoms with Crippen LogP contribution in [0.1, 0.15) is 48.8 Å². The molecular formula is C38H51FN6O3SSi. The van der Waals surface area contributed by atoms with Gasteiger partial charge in [0.2, 0.25) is 5.91 Å². The molecule has 0 spiro atoms. The van der Waals surface area contributed by atoms with E-state index in [9.17, 15) is 4.79 Å². The van der Waals surface area contributed by atoms with Crippen LogP contribution >= 0.6 is 11.8 Å². The topological polar surface area (TPSA) is 96.1 Å². The largest absolute Gasteiger partial charge is 0.361 e. The van der Waals surface area contributed by atoms with Crippen molar-refractivity contribution in [1.82, 2.24) is 24.5 Å². The summed E-state index contributed by atoms with van der Waals surface area (Å²) in [5.41, 5.74) is 5.13. The van der Waals surface area contributed by atoms with E-state index in [1.54, 1.807) is 30.0 Å². The molecule has 2 fully saturated rings. The lowest BCUT2D eigenvalue weighted by atomic mass is 9.82. The first-order valence-electron chi connectivity index (χ1n) is 17.8. The van der Waals surface area contributed by atoms with E-state index in [4.69, 9.17) is 14.6 Å². The van der Waals surface area contributed by atoms with Crippen molar-refractivity contribution < 1.29 is 18.7 Å². The highest BCUT2D eigenvalue weighted by atomic mass is 32.2. The fourth-order valence-electron chi connectivity index (χ4n) is 6.88. The van der Waals surface area contributed by atoms with Crippen molar-refractivity contribution in [3.05, 3.63) is 71.6 Å². The monoisotopic (exact) mass is 718 g/mol. The number of anilines is 1. The Hall–Kier alpha value is -3.32. The molecule has 0 aliphatic heterocycles. The van der Waals surface area contributed by atoms with Gasteiger partial charge in [0.1, 0.15) is 31.0 Å². The third-order valence-corrected chi connectivity index (χ3v) is 12.1. The van der Waals surface area contributed by atoms with E-state index in [1.165, 1.54) is 6.07 Å². The Kier molecular flexibility index (Phi) is 11.6. The van der Waals surface area contributed by atoms with E-state index in [-0.39, 0.29) is 24.4 Å². The summed E-state index contributed by atoms with van der Waals surface area (Å²) in [5.74, 6) is 1.91. The van der Waals surface area contributed by atoms with Crippen molar-refractivity contribution in [2.45, 2.75) is 84.6 Å². The number of nitrogens with zero attached hydrogens (tertiary/aromatic N) is 5. The van der Waals surface area contributed by atoms with Gasteiger partial charge >= 0.3 is 0 Å². The molecule has 1 amide bonds. The summed E-state index contributed by atoms with van der Waals surface area (Å²) in [6.07, 6.45) is 6.49. The maximum absolute atomic E-state index is 15.2. The molecule has 1 N–H and O–H groups in total. The lowest BCUT2D eigenvalue weighted by molar-refractivity contribution is -0.119. The zero-order valence-electron chi connectivity index (χ0n) is 30.2. The number of aromatic nitrogens is 5. The number of amides is 1. The second-order valence-electron chi connectivity index (χ2n) is 15.0. The number of ether oxygens (including phenoxy) is 2. The highest BCUT2D eigenvalue weighted by Gasteiger charge is 2.50. The summed E-state index contributed by atoms with van der Waals surface area (Å²) in [6, 6.07) is 15.6. The van der Waals surface area contributed by atoms with Gasteiger partial charge in [-0.2, -0.15) is 16.9 Å². The molecule has 2 saturated carbocycles. The minimum atomic E-state index is -1.33. The molecule has 2 aliphatic carbocycles. The predicted molar refractivity (Wildman–Crippen MR) is 201 cm³/mol. The molecule has 0 radical (unpaired) electrons. The van der Waals surface area contributed by atoms with Gasteiger partial charge < -0.3 is 14.8 Å². The summed E-state index contributed by atoms with van der Waals surface area (Å²) in [4.78, 5) is 14.5. The van der Waals surface area contributed by atoms with E-state index >= 15 is 4.39 Å². The number of nitrogens with one attached hydrogen (secondary N) is 1. The van der Waals surface area contributed by atoms with Crippen molar-refractivity contribution in [3.8, 4) is 22.5 Å². The first-order chi connectivity index (χ1) is 24.1. The van der Waals surface area contributed by atoms with Gasteiger partial charge in [-0.15, -0.1) is 10.2 Å². The third-order valence-electron chi connectivity index (χ3n) is 9.86. The highest BCUT2D eigenvalue weighted by molar-refractivity contribution is 7.98. The van der Waals surface area contributed by atoms with Gasteiger partial charge in [0, 0.05) is 37.4 Å². The van der Waals surface area contributed by atoms with Crippen molar-refractivity contribution >= 4 is 31.4 Å². The fraction of sp³-hybridized carbons (Fsp3) is 0.526. The quantitative estimate of drug-likeness (QED) is 0.0816. The third kappa shape index (κ3) is 8.75. The van der Waals surface area contributed by atoms with Gasteiger partial charge in [0.05, 0.1) is 17.9 Å². The standard InChI is InChI=1S/C38H51FN6O3SSi/c1-25-33(26(2)45(43-25)24-47-19-21-49-3)27-15-17-30(18-16-27)40-38(46)35(34(28-11-12-28)29-13-14-29)37-42-41-36(31-9-7-8-10-32(31)39)44(37)23-48-20-22-50(4,5)6/h7-10,15-18,28-29,34-35H,11-14,19-24H2,1-6H3,(H,40,46). The van der Waals surface area contributed by atoms with Crippen molar-refractivity contribution in [1.29, 1.82) is 0 Å². The summed E-state index contributed by atoms with van der Waals surface area (Å²) in [5, 5.41) is 17.1. The second kappa shape index (κ2) is 15.9. The molecule has 268 valence electrons. The van der Waals surface area contributed by atoms with Gasteiger partial charge in [-0.1, -0.05) is 43.9 Å². The van der Waals surface area contributed by atoms with Gasteiger partial charge in [-0.05, 0) is 99.4 Å². The van der Waals surface area contributed by atoms with E-state index in [2.05, 4.69) is 48.3 Å². The van der Waals surface area contributed by atoms with Crippen LogP contribution in [0.25, 0.3) is 22.5 Å². The molecular weight excluding hydrogens is 668 g/mol. The summed E-state index contributed by atoms with van der Waals surface area (Å²) in [6.45, 7) is 12.9. The lowest BCUT2D eigenvalue weighted by Crippen LogP contribution is -2.32. The average Bonchev–Trinajstić information content (AvgIpc) is 4.02. The zero-order valence-corrected chi connectivity index (χ0v) is 32.1. The summed E-state index contributed by atoms with van der Waals surface area (Å²) < 4.78 is 31.0. The molecule has 1 unspecified atom stereocenters. The van der Waals surface area contributed by atoms with Crippen molar-refractivity contribution in [2.75, 3.05) is 30.5 Å².